The van der Waals surface area contributed by atoms with Crippen molar-refractivity contribution >= 4 is 174 Å². The van der Waals surface area contributed by atoms with Crippen LogP contribution in [0.25, 0.3) is 82.8 Å². The number of aliphatic hydroxyl groups is 2. The van der Waals surface area contributed by atoms with Crippen molar-refractivity contribution in [3.8, 4) is 50.2 Å². The second-order valence-corrected chi connectivity index (χ2v) is 15.1. The van der Waals surface area contributed by atoms with Gasteiger partial charge in [-0.2, -0.15) is 0 Å². The Balaban J connectivity index is 1.37. The molecular weight excluding hydrogens is 731 g/mol. The Morgan fingerprint density at radius 3 is 1.21 bits per heavy atom. The highest BCUT2D eigenvalue weighted by Crippen LogP contribution is 2.45. The molecule has 4 nitrogen and oxygen atoms in total. The van der Waals surface area contributed by atoms with E-state index in [2.05, 4.69) is 17.1 Å². The van der Waals surface area contributed by atoms with E-state index in [-0.39, 0.29) is 60.5 Å². The molecule has 1 heterocycles. The minimum atomic E-state index is -2.72. The van der Waals surface area contributed by atoms with Gasteiger partial charge in [-0.3, -0.25) is 4.57 Å². The van der Waals surface area contributed by atoms with Crippen LogP contribution in [0.2, 0.25) is 0 Å². The van der Waals surface area contributed by atoms with Crippen molar-refractivity contribution in [2.75, 3.05) is 0 Å². The molecule has 0 amide bonds. The summed E-state index contributed by atoms with van der Waals surface area (Å²) in [6.07, 6.45) is 0. The lowest BCUT2D eigenvalue weighted by molar-refractivity contribution is -0.0985. The minimum Gasteiger partial charge on any atom is -0.368 e. The van der Waals surface area contributed by atoms with Crippen molar-refractivity contribution in [2.24, 2.45) is 0 Å². The number of aromatic nitrogens is 2. The molecule has 15 heteroatoms. The van der Waals surface area contributed by atoms with Gasteiger partial charge in [0.25, 0.3) is 0 Å². The summed E-state index contributed by atoms with van der Waals surface area (Å²) < 4.78 is 1.65. The number of rotatable bonds is 6. The van der Waals surface area contributed by atoms with E-state index in [9.17, 15) is 10.2 Å². The SMILES string of the molecule is [B]c1c([B])c([B])c(-c2cc(-c3c([B])c([B])c([B])c([B])c3[B])cc(-c3c4ccccc4c(-c4cccc(-n5c(C([B])(O)O)nc6ccccc65)c4)c4ccccc34)c2)c([B])c1[B]. The van der Waals surface area contributed by atoms with E-state index in [0.29, 0.717) is 39.0 Å². The first-order valence-corrected chi connectivity index (χ1v) is 19.0. The third kappa shape index (κ3) is 6.51. The van der Waals surface area contributed by atoms with Gasteiger partial charge in [-0.05, 0) is 109 Å². The van der Waals surface area contributed by atoms with Crippen LogP contribution in [0.1, 0.15) is 5.82 Å². The van der Waals surface area contributed by atoms with Gasteiger partial charge in [-0.1, -0.05) is 94.6 Å². The van der Waals surface area contributed by atoms with Crippen molar-refractivity contribution < 1.29 is 10.2 Å². The first-order chi connectivity index (χ1) is 29.1. The molecule has 2 N–H and O–H groups in total. The highest BCUT2D eigenvalue weighted by atomic mass is 16.5. The van der Waals surface area contributed by atoms with Crippen LogP contribution in [0.3, 0.4) is 0 Å². The highest BCUT2D eigenvalue weighted by molar-refractivity contribution is 6.70. The zero-order chi connectivity index (χ0) is 43.2. The lowest BCUT2D eigenvalue weighted by atomic mass is 9.59. The average Bonchev–Trinajstić information content (AvgIpc) is 3.66. The summed E-state index contributed by atoms with van der Waals surface area (Å²) in [5.41, 5.74) is 5.25. The number of benzene rings is 8. The fourth-order valence-electron chi connectivity index (χ4n) is 8.47. The van der Waals surface area contributed by atoms with Crippen LogP contribution in [-0.2, 0) is 5.69 Å². The molecule has 9 rings (SSSR count). The maximum Gasteiger partial charge on any atom is 0.171 e. The van der Waals surface area contributed by atoms with Gasteiger partial charge in [-0.25, -0.2) is 4.98 Å². The lowest BCUT2D eigenvalue weighted by Gasteiger charge is -2.25. The number of imidazole rings is 1. The summed E-state index contributed by atoms with van der Waals surface area (Å²) in [5.74, 6) is -0.136. The summed E-state index contributed by atoms with van der Waals surface area (Å²) in [7, 11) is 70.6. The van der Waals surface area contributed by atoms with Gasteiger partial charge in [0.2, 0.25) is 0 Å². The van der Waals surface area contributed by atoms with Gasteiger partial charge in [-0.15, -0.1) is 32.8 Å². The number of para-hydroxylation sites is 2. The first-order valence-electron chi connectivity index (χ1n) is 19.0. The molecule has 22 radical (unpaired) electrons. The molecule has 260 valence electrons. The molecule has 0 bridgehead atoms. The van der Waals surface area contributed by atoms with E-state index < -0.39 is 5.69 Å². The molecule has 0 spiro atoms. The number of hydrogen-bond donors (Lipinski definition) is 2. The van der Waals surface area contributed by atoms with Crippen LogP contribution in [0.4, 0.5) is 0 Å². The van der Waals surface area contributed by atoms with Gasteiger partial charge in [0.05, 0.1) is 11.0 Å². The van der Waals surface area contributed by atoms with E-state index >= 15 is 0 Å². The van der Waals surface area contributed by atoms with Crippen molar-refractivity contribution in [2.45, 2.75) is 5.69 Å². The van der Waals surface area contributed by atoms with Crippen molar-refractivity contribution in [1.82, 2.24) is 9.55 Å². The quantitative estimate of drug-likeness (QED) is 0.120. The van der Waals surface area contributed by atoms with E-state index in [1.54, 1.807) is 10.6 Å². The highest BCUT2D eigenvalue weighted by Gasteiger charge is 2.28. The van der Waals surface area contributed by atoms with Crippen molar-refractivity contribution in [1.29, 1.82) is 0 Å². The van der Waals surface area contributed by atoms with Gasteiger partial charge in [0.15, 0.2) is 19.4 Å². The Kier molecular flexibility index (Phi) is 10.1. The fraction of sp³-hybridized carbons (Fsp3) is 0.0217. The first kappa shape index (κ1) is 40.8. The monoisotopic (exact) mass is 754 g/mol. The molecule has 0 atom stereocenters. The maximum atomic E-state index is 10.6. The molecule has 9 aromatic rings. The summed E-state index contributed by atoms with van der Waals surface area (Å²) >= 11 is 0. The van der Waals surface area contributed by atoms with E-state index in [0.717, 1.165) is 43.8 Å². The van der Waals surface area contributed by atoms with Crippen molar-refractivity contribution in [3.63, 3.8) is 0 Å². The van der Waals surface area contributed by atoms with Crippen LogP contribution in [0.15, 0.2) is 115 Å². The second kappa shape index (κ2) is 15.1. The molecule has 0 fully saturated rings. The van der Waals surface area contributed by atoms with Crippen LogP contribution in [-0.4, -0.2) is 106 Å². The number of fused-ring (bicyclic) bond motifs is 3. The standard InChI is InChI=1S/C46H21B11N2O2/c47-35-33(36(48)40(52)43(55)39(35)51)22-16-21(17-23(18-22)34-37(49)41(53)44(56)42(54)38(34)50)32-27-12-3-1-10-25(27)31(26-11-2-4-13-28(26)32)20-8-7-9-24(19-20)59-30-15-6-5-14-29(30)58-45(59)46(57,60)61/h1-19,60-61H. The van der Waals surface area contributed by atoms with Crippen LogP contribution in [0.5, 0.6) is 0 Å². The van der Waals surface area contributed by atoms with Gasteiger partial charge in [0, 0.05) is 5.69 Å². The predicted molar refractivity (Wildman–Crippen MR) is 264 cm³/mol. The Morgan fingerprint density at radius 1 is 0.393 bits per heavy atom. The largest absolute Gasteiger partial charge is 0.368 e. The molecular formula is C46H21B11N2O2. The Labute approximate surface area is 368 Å². The smallest absolute Gasteiger partial charge is 0.171 e. The molecule has 8 aromatic carbocycles. The number of hydrogen-bond acceptors (Lipinski definition) is 3. The second-order valence-electron chi connectivity index (χ2n) is 15.1. The summed E-state index contributed by atoms with van der Waals surface area (Å²) in [5, 5.41) is 24.9. The van der Waals surface area contributed by atoms with E-state index in [1.165, 1.54) is 0 Å². The average molecular weight is 753 g/mol. The summed E-state index contributed by atoms with van der Waals surface area (Å²) in [4.78, 5) is 4.48. The van der Waals surface area contributed by atoms with E-state index in [4.69, 9.17) is 86.3 Å². The molecule has 61 heavy (non-hydrogen) atoms. The Hall–Kier alpha value is -5.62. The molecule has 1 aromatic heterocycles. The third-order valence-corrected chi connectivity index (χ3v) is 11.4. The lowest BCUT2D eigenvalue weighted by Crippen LogP contribution is -2.55. The summed E-state index contributed by atoms with van der Waals surface area (Å²) in [6.45, 7) is 0. The van der Waals surface area contributed by atoms with Crippen LogP contribution in [0, 0.1) is 0 Å². The Morgan fingerprint density at radius 2 is 0.770 bits per heavy atom. The minimum absolute atomic E-state index is 0.0758. The molecule has 0 aliphatic carbocycles. The molecule has 0 saturated carbocycles. The fourth-order valence-corrected chi connectivity index (χ4v) is 8.47. The van der Waals surface area contributed by atoms with Gasteiger partial charge in [0.1, 0.15) is 78.5 Å². The molecule has 0 aliphatic rings. The van der Waals surface area contributed by atoms with Crippen LogP contribution >= 0.6 is 0 Å². The molecule has 0 saturated heterocycles. The van der Waals surface area contributed by atoms with Crippen LogP contribution < -0.4 is 54.6 Å². The predicted octanol–water partition coefficient (Wildman–Crippen LogP) is -1.80. The third-order valence-electron chi connectivity index (χ3n) is 11.4. The Bertz CT molecular complexity index is 3120. The zero-order valence-electron chi connectivity index (χ0n) is 32.6. The molecule has 0 unspecified atom stereocenters. The molecule has 0 aliphatic heterocycles. The summed E-state index contributed by atoms with van der Waals surface area (Å²) in [6, 6.07) is 36.8. The maximum absolute atomic E-state index is 10.6. The van der Waals surface area contributed by atoms with E-state index in [1.807, 2.05) is 97.1 Å². The number of nitrogens with zero attached hydrogens (tertiary/aromatic N) is 2. The van der Waals surface area contributed by atoms with Crippen molar-refractivity contribution in [3.05, 3.63) is 121 Å². The zero-order valence-corrected chi connectivity index (χ0v) is 32.6. The van der Waals surface area contributed by atoms with Gasteiger partial charge < -0.3 is 10.2 Å². The van der Waals surface area contributed by atoms with Gasteiger partial charge >= 0.3 is 0 Å². The normalized spacial score (nSPS) is 11.8. The topological polar surface area (TPSA) is 58.3 Å².